The Balaban J connectivity index is 0.00000104. The number of pyridine rings is 2. The number of nitrogens with zero attached hydrogens (tertiary/aromatic N) is 3. The summed E-state index contributed by atoms with van der Waals surface area (Å²) in [4.78, 5) is 19.9. The highest BCUT2D eigenvalue weighted by Gasteiger charge is 2.19. The molecule has 0 spiro atoms. The average Bonchev–Trinajstić information content (AvgIpc) is 2.76. The third-order valence-corrected chi connectivity index (χ3v) is 3.60. The van der Waals surface area contributed by atoms with Crippen LogP contribution >= 0.6 is 0 Å². The lowest BCUT2D eigenvalue weighted by molar-refractivity contribution is -0.145. The van der Waals surface area contributed by atoms with Crippen LogP contribution < -0.4 is 15.3 Å². The molecular weight excluding hydrogens is 468 g/mol. The summed E-state index contributed by atoms with van der Waals surface area (Å²) < 4.78 is 10.2. The first kappa shape index (κ1) is 33.2. The van der Waals surface area contributed by atoms with E-state index in [1.807, 2.05) is 17.6 Å². The number of nitrogens with one attached hydrogen (secondary N) is 1. The van der Waals surface area contributed by atoms with E-state index in [9.17, 15) is 10.0 Å². The molecule has 0 aliphatic carbocycles. The minimum atomic E-state index is -0.873. The normalized spacial score (nSPS) is 11.8. The summed E-state index contributed by atoms with van der Waals surface area (Å²) in [6.07, 6.45) is 2.31. The van der Waals surface area contributed by atoms with Crippen LogP contribution in [0.5, 0.6) is 5.75 Å². The zero-order valence-corrected chi connectivity index (χ0v) is 22.5. The Morgan fingerprint density at radius 2 is 1.64 bits per heavy atom. The van der Waals surface area contributed by atoms with Crippen molar-refractivity contribution in [1.82, 2.24) is 15.4 Å². The van der Waals surface area contributed by atoms with Crippen LogP contribution in [0.1, 0.15) is 52.9 Å². The van der Waals surface area contributed by atoms with Gasteiger partial charge in [-0.2, -0.15) is 5.48 Å². The Morgan fingerprint density at radius 3 is 2.08 bits per heavy atom. The number of hydrogen-bond acceptors (Lipinski definition) is 11. The lowest BCUT2D eigenvalue weighted by atomic mass is 10.1. The van der Waals surface area contributed by atoms with Crippen molar-refractivity contribution in [3.05, 3.63) is 47.9 Å². The number of aromatic nitrogens is 2. The summed E-state index contributed by atoms with van der Waals surface area (Å²) in [5.74, 6) is 0.472. The lowest BCUT2D eigenvalue weighted by Gasteiger charge is -2.12. The van der Waals surface area contributed by atoms with Crippen LogP contribution in [0.3, 0.4) is 0 Å². The van der Waals surface area contributed by atoms with Gasteiger partial charge >= 0.3 is 5.97 Å². The summed E-state index contributed by atoms with van der Waals surface area (Å²) >= 11 is 0. The molecule has 0 aromatic carbocycles. The van der Waals surface area contributed by atoms with Crippen molar-refractivity contribution in [3.63, 3.8) is 0 Å². The summed E-state index contributed by atoms with van der Waals surface area (Å²) in [6, 6.07) is 7.94. The highest BCUT2D eigenvalue weighted by Crippen LogP contribution is 2.12. The van der Waals surface area contributed by atoms with Gasteiger partial charge < -0.3 is 24.9 Å². The second-order valence-electron chi connectivity index (χ2n) is 9.85. The molecule has 2 aromatic heterocycles. The smallest absolute Gasteiger partial charge is 0.325 e. The molecule has 0 bridgehead atoms. The molecule has 0 aliphatic heterocycles. The van der Waals surface area contributed by atoms with Gasteiger partial charge in [-0.25, -0.2) is 10.0 Å². The highest BCUT2D eigenvalue weighted by atomic mass is 16.5. The van der Waals surface area contributed by atoms with Crippen LogP contribution in [0.15, 0.2) is 36.5 Å². The van der Waals surface area contributed by atoms with E-state index in [2.05, 4.69) is 14.7 Å². The number of methoxy groups -OCH3 is 1. The first-order valence-corrected chi connectivity index (χ1v) is 11.4. The SMILES string of the molecule is CC(C)(C)O.CC(C)(C)O.COC(=O)C(Cc1ccc(OCCc2cccc(N(C)O)n2)cn1)NO. The molecule has 0 aliphatic rings. The van der Waals surface area contributed by atoms with E-state index in [-0.39, 0.29) is 6.42 Å². The predicted octanol–water partition coefficient (Wildman–Crippen LogP) is 2.54. The van der Waals surface area contributed by atoms with E-state index in [0.29, 0.717) is 30.3 Å². The number of rotatable bonds is 9. The second kappa shape index (κ2) is 16.0. The predicted molar refractivity (Wildman–Crippen MR) is 136 cm³/mol. The van der Waals surface area contributed by atoms with Gasteiger partial charge in [-0.15, -0.1) is 0 Å². The zero-order chi connectivity index (χ0) is 27.9. The van der Waals surface area contributed by atoms with E-state index < -0.39 is 23.2 Å². The van der Waals surface area contributed by atoms with Crippen molar-refractivity contribution >= 4 is 11.8 Å². The molecule has 0 saturated heterocycles. The molecule has 2 rings (SSSR count). The minimum Gasteiger partial charge on any atom is -0.492 e. The number of ether oxygens (including phenoxy) is 2. The highest BCUT2D eigenvalue weighted by molar-refractivity contribution is 5.75. The van der Waals surface area contributed by atoms with Crippen LogP contribution in [0.25, 0.3) is 0 Å². The van der Waals surface area contributed by atoms with Crippen LogP contribution in [0.2, 0.25) is 0 Å². The molecule has 204 valence electrons. The molecule has 2 aromatic rings. The van der Waals surface area contributed by atoms with Crippen LogP contribution in [-0.4, -0.2) is 74.6 Å². The van der Waals surface area contributed by atoms with E-state index >= 15 is 0 Å². The van der Waals surface area contributed by atoms with Crippen LogP contribution in [-0.2, 0) is 22.4 Å². The molecule has 2 heterocycles. The fraction of sp³-hybridized carbons (Fsp3) is 0.560. The van der Waals surface area contributed by atoms with E-state index in [1.165, 1.54) is 14.2 Å². The maximum Gasteiger partial charge on any atom is 0.325 e. The summed E-state index contributed by atoms with van der Waals surface area (Å²) in [6.45, 7) is 10.9. The molecule has 0 fully saturated rings. The summed E-state index contributed by atoms with van der Waals surface area (Å²) in [5.41, 5.74) is 2.31. The lowest BCUT2D eigenvalue weighted by Crippen LogP contribution is -2.37. The Labute approximate surface area is 213 Å². The molecular formula is C25H42N4O7. The van der Waals surface area contributed by atoms with Crippen molar-refractivity contribution in [2.45, 2.75) is 71.6 Å². The summed E-state index contributed by atoms with van der Waals surface area (Å²) in [7, 11) is 2.76. The first-order valence-electron chi connectivity index (χ1n) is 11.4. The van der Waals surface area contributed by atoms with E-state index in [1.54, 1.807) is 65.9 Å². The topological polar surface area (TPSA) is 157 Å². The molecule has 1 unspecified atom stereocenters. The van der Waals surface area contributed by atoms with Gasteiger partial charge in [0.1, 0.15) is 11.8 Å². The molecule has 0 saturated carbocycles. The maximum atomic E-state index is 11.4. The van der Waals surface area contributed by atoms with Gasteiger partial charge in [0.25, 0.3) is 0 Å². The van der Waals surface area contributed by atoms with Crippen LogP contribution in [0.4, 0.5) is 5.82 Å². The Hall–Kier alpha value is -2.83. The number of anilines is 1. The maximum absolute atomic E-state index is 11.4. The fourth-order valence-electron chi connectivity index (χ4n) is 2.21. The van der Waals surface area contributed by atoms with E-state index in [0.717, 1.165) is 10.8 Å². The monoisotopic (exact) mass is 510 g/mol. The molecule has 1 atom stereocenters. The average molecular weight is 511 g/mol. The standard InChI is InChI=1S/C17H22N4O5.2C4H10O/c1-21(24)16-5-3-4-12(19-16)8-9-26-14-7-6-13(18-11-14)10-15(20-23)17(22)25-2;2*1-4(2,3)5/h3-7,11,15,20,23-24H,8-10H2,1-2H3;2*5H,1-3H3. The number of carbonyl (C=O) groups is 1. The zero-order valence-electron chi connectivity index (χ0n) is 22.5. The van der Waals surface area contributed by atoms with Crippen molar-refractivity contribution in [1.29, 1.82) is 0 Å². The third-order valence-electron chi connectivity index (χ3n) is 3.60. The Morgan fingerprint density at radius 1 is 1.06 bits per heavy atom. The van der Waals surface area contributed by atoms with Gasteiger partial charge in [0.2, 0.25) is 0 Å². The minimum absolute atomic E-state index is 0.189. The summed E-state index contributed by atoms with van der Waals surface area (Å²) in [5, 5.41) is 36.4. The number of esters is 1. The van der Waals surface area contributed by atoms with Gasteiger partial charge in [0.05, 0.1) is 31.1 Å². The Kier molecular flexibility index (Phi) is 14.8. The van der Waals surface area contributed by atoms with E-state index in [4.69, 9.17) is 20.2 Å². The first-order chi connectivity index (χ1) is 16.5. The molecule has 36 heavy (non-hydrogen) atoms. The Bertz CT molecular complexity index is 855. The van der Waals surface area contributed by atoms with Crippen molar-refractivity contribution in [2.24, 2.45) is 0 Å². The van der Waals surface area contributed by atoms with Gasteiger partial charge in [0, 0.05) is 31.3 Å². The second-order valence-corrected chi connectivity index (χ2v) is 9.85. The van der Waals surface area contributed by atoms with Gasteiger partial charge in [-0.1, -0.05) is 6.07 Å². The van der Waals surface area contributed by atoms with Crippen molar-refractivity contribution in [3.8, 4) is 5.75 Å². The van der Waals surface area contributed by atoms with Gasteiger partial charge in [-0.3, -0.25) is 15.0 Å². The molecule has 0 amide bonds. The largest absolute Gasteiger partial charge is 0.492 e. The molecule has 11 heteroatoms. The molecule has 11 nitrogen and oxygen atoms in total. The van der Waals surface area contributed by atoms with Crippen LogP contribution in [0, 0.1) is 0 Å². The van der Waals surface area contributed by atoms with Gasteiger partial charge in [0.15, 0.2) is 5.82 Å². The molecule has 5 N–H and O–H groups in total. The van der Waals surface area contributed by atoms with Gasteiger partial charge in [-0.05, 0) is 65.8 Å². The fourth-order valence-corrected chi connectivity index (χ4v) is 2.21. The number of carbonyl (C=O) groups excluding carboxylic acids is 1. The number of aliphatic hydroxyl groups is 2. The third kappa shape index (κ3) is 18.5. The van der Waals surface area contributed by atoms with Crippen molar-refractivity contribution in [2.75, 3.05) is 25.8 Å². The quantitative estimate of drug-likeness (QED) is 0.249. The van der Waals surface area contributed by atoms with Crippen molar-refractivity contribution < 1.29 is 34.9 Å². The number of hydrogen-bond donors (Lipinski definition) is 5. The molecule has 0 radical (unpaired) electrons. The number of hydroxylamine groups is 2.